The standard InChI is InChI=1S/C20H19F2N3O2/c1-13-15(11-25(2)24-13)10-23-20(26)17-6-4-3-5-14(17)12-27-19-8-7-16(21)9-18(19)22/h3-9,11H,10,12H2,1-2H3,(H,23,26). The van der Waals surface area contributed by atoms with Crippen molar-refractivity contribution < 1.29 is 18.3 Å². The number of hydrogen-bond donors (Lipinski definition) is 1. The van der Waals surface area contributed by atoms with Gasteiger partial charge in [-0.3, -0.25) is 9.48 Å². The molecule has 7 heteroatoms. The third kappa shape index (κ3) is 4.49. The predicted octanol–water partition coefficient (Wildman–Crippen LogP) is 3.52. The summed E-state index contributed by atoms with van der Waals surface area (Å²) in [5, 5.41) is 7.10. The second-order valence-corrected chi connectivity index (χ2v) is 6.12. The molecule has 3 rings (SSSR count). The Morgan fingerprint density at radius 3 is 2.67 bits per heavy atom. The lowest BCUT2D eigenvalue weighted by Gasteiger charge is -2.12. The summed E-state index contributed by atoms with van der Waals surface area (Å²) in [7, 11) is 1.82. The number of ether oxygens (including phenoxy) is 1. The number of amides is 1. The summed E-state index contributed by atoms with van der Waals surface area (Å²) in [5.74, 6) is -1.80. The average Bonchev–Trinajstić information content (AvgIpc) is 2.96. The third-order valence-electron chi connectivity index (χ3n) is 4.09. The normalized spacial score (nSPS) is 10.7. The van der Waals surface area contributed by atoms with Gasteiger partial charge < -0.3 is 10.1 Å². The molecule has 0 atom stereocenters. The maximum atomic E-state index is 13.7. The number of carbonyl (C=O) groups is 1. The van der Waals surface area contributed by atoms with Gasteiger partial charge in [-0.15, -0.1) is 0 Å². The van der Waals surface area contributed by atoms with Crippen molar-refractivity contribution in [3.05, 3.63) is 82.7 Å². The molecule has 1 heterocycles. The van der Waals surface area contributed by atoms with Crippen LogP contribution in [0.2, 0.25) is 0 Å². The minimum absolute atomic E-state index is 0.0158. The molecule has 3 aromatic rings. The molecule has 0 unspecified atom stereocenters. The van der Waals surface area contributed by atoms with Gasteiger partial charge in [0.1, 0.15) is 12.4 Å². The van der Waals surface area contributed by atoms with E-state index in [4.69, 9.17) is 4.74 Å². The first kappa shape index (κ1) is 18.6. The van der Waals surface area contributed by atoms with E-state index in [9.17, 15) is 13.6 Å². The number of nitrogens with zero attached hydrogens (tertiary/aromatic N) is 2. The minimum atomic E-state index is -0.788. The summed E-state index contributed by atoms with van der Waals surface area (Å²) in [4.78, 5) is 12.6. The lowest BCUT2D eigenvalue weighted by atomic mass is 10.1. The predicted molar refractivity (Wildman–Crippen MR) is 96.2 cm³/mol. The van der Waals surface area contributed by atoms with Gasteiger partial charge in [0.25, 0.3) is 5.91 Å². The molecule has 0 radical (unpaired) electrons. The zero-order valence-corrected chi connectivity index (χ0v) is 15.0. The molecular formula is C20H19F2N3O2. The summed E-state index contributed by atoms with van der Waals surface area (Å²) in [6.45, 7) is 2.21. The van der Waals surface area contributed by atoms with E-state index in [-0.39, 0.29) is 18.3 Å². The van der Waals surface area contributed by atoms with Crippen molar-refractivity contribution in [3.8, 4) is 5.75 Å². The fourth-order valence-corrected chi connectivity index (χ4v) is 2.71. The smallest absolute Gasteiger partial charge is 0.251 e. The van der Waals surface area contributed by atoms with E-state index >= 15 is 0 Å². The highest BCUT2D eigenvalue weighted by atomic mass is 19.1. The summed E-state index contributed by atoms with van der Waals surface area (Å²) in [6.07, 6.45) is 1.85. The second-order valence-electron chi connectivity index (χ2n) is 6.12. The Morgan fingerprint density at radius 1 is 1.19 bits per heavy atom. The van der Waals surface area contributed by atoms with Crippen LogP contribution in [0.4, 0.5) is 8.78 Å². The molecule has 0 bridgehead atoms. The Morgan fingerprint density at radius 2 is 1.96 bits per heavy atom. The van der Waals surface area contributed by atoms with Crippen LogP contribution in [0, 0.1) is 18.6 Å². The van der Waals surface area contributed by atoms with Crippen LogP contribution in [-0.4, -0.2) is 15.7 Å². The zero-order valence-electron chi connectivity index (χ0n) is 15.0. The molecule has 1 N–H and O–H groups in total. The number of hydrogen-bond acceptors (Lipinski definition) is 3. The van der Waals surface area contributed by atoms with E-state index in [1.54, 1.807) is 28.9 Å². The first-order chi connectivity index (χ1) is 12.9. The van der Waals surface area contributed by atoms with Gasteiger partial charge in [-0.2, -0.15) is 5.10 Å². The molecule has 0 spiro atoms. The number of aryl methyl sites for hydroxylation is 2. The van der Waals surface area contributed by atoms with E-state index in [0.717, 1.165) is 23.4 Å². The Bertz CT molecular complexity index is 970. The van der Waals surface area contributed by atoms with Crippen LogP contribution in [0.5, 0.6) is 5.75 Å². The molecule has 140 valence electrons. The van der Waals surface area contributed by atoms with Gasteiger partial charge in [0.15, 0.2) is 11.6 Å². The van der Waals surface area contributed by atoms with Gasteiger partial charge in [-0.1, -0.05) is 18.2 Å². The molecule has 0 aliphatic heterocycles. The van der Waals surface area contributed by atoms with Crippen molar-refractivity contribution in [2.75, 3.05) is 0 Å². The molecule has 0 aliphatic rings. The van der Waals surface area contributed by atoms with Crippen molar-refractivity contribution in [1.82, 2.24) is 15.1 Å². The fourth-order valence-electron chi connectivity index (χ4n) is 2.71. The van der Waals surface area contributed by atoms with Gasteiger partial charge >= 0.3 is 0 Å². The highest BCUT2D eigenvalue weighted by molar-refractivity contribution is 5.95. The molecule has 1 amide bonds. The number of carbonyl (C=O) groups excluding carboxylic acids is 1. The van der Waals surface area contributed by atoms with Crippen molar-refractivity contribution in [1.29, 1.82) is 0 Å². The Hall–Kier alpha value is -3.22. The largest absolute Gasteiger partial charge is 0.486 e. The van der Waals surface area contributed by atoms with E-state index in [1.165, 1.54) is 6.07 Å². The Balaban J connectivity index is 1.69. The van der Waals surface area contributed by atoms with Crippen LogP contribution in [0.3, 0.4) is 0 Å². The first-order valence-electron chi connectivity index (χ1n) is 8.37. The summed E-state index contributed by atoms with van der Waals surface area (Å²) >= 11 is 0. The highest BCUT2D eigenvalue weighted by Crippen LogP contribution is 2.20. The van der Waals surface area contributed by atoms with Gasteiger partial charge in [0.2, 0.25) is 0 Å². The number of aromatic nitrogens is 2. The topological polar surface area (TPSA) is 56.2 Å². The van der Waals surface area contributed by atoms with E-state index in [2.05, 4.69) is 10.4 Å². The average molecular weight is 371 g/mol. The van der Waals surface area contributed by atoms with Crippen molar-refractivity contribution in [2.24, 2.45) is 7.05 Å². The number of nitrogens with one attached hydrogen (secondary N) is 1. The molecule has 2 aromatic carbocycles. The van der Waals surface area contributed by atoms with E-state index in [1.807, 2.05) is 20.2 Å². The fraction of sp³-hybridized carbons (Fsp3) is 0.200. The van der Waals surface area contributed by atoms with Crippen molar-refractivity contribution in [3.63, 3.8) is 0 Å². The maximum Gasteiger partial charge on any atom is 0.251 e. The zero-order chi connectivity index (χ0) is 19.4. The SMILES string of the molecule is Cc1nn(C)cc1CNC(=O)c1ccccc1COc1ccc(F)cc1F. The number of rotatable bonds is 6. The number of benzene rings is 2. The van der Waals surface area contributed by atoms with Crippen molar-refractivity contribution >= 4 is 5.91 Å². The monoisotopic (exact) mass is 371 g/mol. The van der Waals surface area contributed by atoms with Crippen molar-refractivity contribution in [2.45, 2.75) is 20.1 Å². The second kappa shape index (κ2) is 7.99. The summed E-state index contributed by atoms with van der Waals surface area (Å²) in [5.41, 5.74) is 2.80. The van der Waals surface area contributed by atoms with Crippen LogP contribution in [0.15, 0.2) is 48.7 Å². The molecule has 0 saturated heterocycles. The maximum absolute atomic E-state index is 13.7. The van der Waals surface area contributed by atoms with Crippen LogP contribution in [0.25, 0.3) is 0 Å². The van der Waals surface area contributed by atoms with Gasteiger partial charge in [0, 0.05) is 42.5 Å². The quantitative estimate of drug-likeness (QED) is 0.721. The number of halogens is 2. The Labute approximate surface area is 155 Å². The molecule has 27 heavy (non-hydrogen) atoms. The Kier molecular flexibility index (Phi) is 5.49. The van der Waals surface area contributed by atoms with Crippen LogP contribution < -0.4 is 10.1 Å². The van der Waals surface area contributed by atoms with Crippen LogP contribution in [-0.2, 0) is 20.2 Å². The summed E-state index contributed by atoms with van der Waals surface area (Å²) in [6, 6.07) is 10.0. The van der Waals surface area contributed by atoms with Crippen LogP contribution >= 0.6 is 0 Å². The lowest BCUT2D eigenvalue weighted by molar-refractivity contribution is 0.0948. The van der Waals surface area contributed by atoms with E-state index < -0.39 is 11.6 Å². The van der Waals surface area contributed by atoms with E-state index in [0.29, 0.717) is 17.7 Å². The van der Waals surface area contributed by atoms with Crippen LogP contribution in [0.1, 0.15) is 27.2 Å². The van der Waals surface area contributed by atoms with Gasteiger partial charge in [-0.05, 0) is 25.1 Å². The van der Waals surface area contributed by atoms with Gasteiger partial charge in [0.05, 0.1) is 5.69 Å². The minimum Gasteiger partial charge on any atom is -0.486 e. The highest BCUT2D eigenvalue weighted by Gasteiger charge is 2.13. The summed E-state index contributed by atoms with van der Waals surface area (Å²) < 4.78 is 33.8. The lowest BCUT2D eigenvalue weighted by Crippen LogP contribution is -2.24. The molecule has 0 saturated carbocycles. The third-order valence-corrected chi connectivity index (χ3v) is 4.09. The van der Waals surface area contributed by atoms with Gasteiger partial charge in [-0.25, -0.2) is 8.78 Å². The molecule has 1 aromatic heterocycles. The molecule has 0 aliphatic carbocycles. The molecule has 0 fully saturated rings. The molecule has 5 nitrogen and oxygen atoms in total. The molecular weight excluding hydrogens is 352 g/mol. The first-order valence-corrected chi connectivity index (χ1v) is 8.37.